The van der Waals surface area contributed by atoms with E-state index in [2.05, 4.69) is 58.1 Å². The number of hydrazine groups is 1. The number of hydrogen-bond donors (Lipinski definition) is 4. The molecule has 2 aromatic heterocycles. The largest absolute Gasteiger partial charge is 0.508 e. The number of likely N-dealkylation sites (N-methyl/N-ethyl adjacent to an activating group) is 1. The van der Waals surface area contributed by atoms with E-state index in [9.17, 15) is 29.4 Å². The predicted molar refractivity (Wildman–Crippen MR) is 300 cm³/mol. The van der Waals surface area contributed by atoms with Crippen molar-refractivity contribution in [3.63, 3.8) is 0 Å². The number of hydrogen-bond acceptors (Lipinski definition) is 11. The number of cyclic esters (lactones) is 1. The van der Waals surface area contributed by atoms with Crippen molar-refractivity contribution in [1.29, 1.82) is 0 Å². The van der Waals surface area contributed by atoms with Crippen molar-refractivity contribution in [1.82, 2.24) is 35.1 Å². The Labute approximate surface area is 448 Å². The summed E-state index contributed by atoms with van der Waals surface area (Å²) in [6.45, 7) is 14.8. The van der Waals surface area contributed by atoms with E-state index < -0.39 is 47.4 Å². The van der Waals surface area contributed by atoms with E-state index in [1.807, 2.05) is 38.2 Å². The summed E-state index contributed by atoms with van der Waals surface area (Å²) in [4.78, 5) is 65.2. The summed E-state index contributed by atoms with van der Waals surface area (Å²) in [5, 5.41) is 26.7. The van der Waals surface area contributed by atoms with Gasteiger partial charge in [-0.05, 0) is 110 Å². The van der Waals surface area contributed by atoms with Gasteiger partial charge in [-0.25, -0.2) is 5.43 Å². The van der Waals surface area contributed by atoms with Gasteiger partial charge in [0.25, 0.3) is 5.91 Å². The average Bonchev–Trinajstić information content (AvgIpc) is 3.85. The Kier molecular flexibility index (Phi) is 24.0. The Morgan fingerprint density at radius 2 is 1.74 bits per heavy atom. The first-order valence-electron chi connectivity index (χ1n) is 23.1. The van der Waals surface area contributed by atoms with Gasteiger partial charge in [-0.3, -0.25) is 34.1 Å². The number of benzene rings is 2. The lowest BCUT2D eigenvalue weighted by molar-refractivity contribution is -0.155. The fraction of sp³-hybridized carbons (Fsp3) is 0.540. The molecule has 70 heavy (non-hydrogen) atoms. The van der Waals surface area contributed by atoms with Crippen LogP contribution in [0.5, 0.6) is 5.75 Å². The number of ether oxygens (including phenoxy) is 2. The molecule has 7 rings (SSSR count). The lowest BCUT2D eigenvalue weighted by Crippen LogP contribution is -2.62. The highest BCUT2D eigenvalue weighted by molar-refractivity contribution is 7.60. The lowest BCUT2D eigenvalue weighted by atomic mass is 9.84. The molecule has 5 atom stereocenters. The van der Waals surface area contributed by atoms with Crippen molar-refractivity contribution in [2.45, 2.75) is 111 Å². The quantitative estimate of drug-likeness (QED) is 0.137. The number of pyridine rings is 1. The maximum Gasteiger partial charge on any atom is 0.324 e. The molecule has 0 saturated carbocycles. The standard InChI is InChI=1S/C50H67N7O8.5H2S/c1-9-56-43-13-12-33-23-38(43)39(45(56)40-25-51-16-14-35(40)28-64-8)24-50(5,6)29-65-49(63)41-11-10-17-57(53-41)48(62)42(21-32-19-36(33)22-37(59)20-32)52-46(60)44(30(2)3)54(7)47(61)34-15-18-55(27-34)26-31(4)58;;;;;/h12-14,16,19-20,22-23,25,30-31,34,41-42,44,53,58-59H,9-11,15,17-18,21,24,26-29H2,1-8H3,(H,52,60);5*1H2/t31-,34-,41-,42-,44-;;;;;/m0...../s1. The first-order valence-corrected chi connectivity index (χ1v) is 23.1. The number of aromatic hydroxyl groups is 1. The van der Waals surface area contributed by atoms with Crippen LogP contribution in [0.15, 0.2) is 54.9 Å². The first kappa shape index (κ1) is 62.5. The molecule has 2 aromatic carbocycles. The number of methoxy groups -OCH3 is 1. The minimum atomic E-state index is -1.13. The number of nitrogens with one attached hydrogen (secondary N) is 2. The number of nitrogens with zero attached hydrogens (tertiary/aromatic N) is 5. The molecule has 4 aromatic rings. The zero-order valence-corrected chi connectivity index (χ0v) is 46.7. The van der Waals surface area contributed by atoms with E-state index in [1.165, 1.54) is 9.91 Å². The smallest absolute Gasteiger partial charge is 0.324 e. The Morgan fingerprint density at radius 3 is 2.41 bits per heavy atom. The Morgan fingerprint density at radius 1 is 1.01 bits per heavy atom. The minimum absolute atomic E-state index is 0. The maximum atomic E-state index is 14.7. The summed E-state index contributed by atoms with van der Waals surface area (Å²) < 4.78 is 14.0. The Bertz CT molecular complexity index is 2420. The van der Waals surface area contributed by atoms with Gasteiger partial charge in [-0.15, -0.1) is 0 Å². The number of esters is 1. The molecule has 2 saturated heterocycles. The highest BCUT2D eigenvalue weighted by Gasteiger charge is 2.40. The number of rotatable bonds is 11. The number of aliphatic hydroxyl groups excluding tert-OH is 1. The molecular weight excluding hydrogens is 987 g/mol. The lowest BCUT2D eigenvalue weighted by Gasteiger charge is -2.37. The molecule has 6 bridgehead atoms. The minimum Gasteiger partial charge on any atom is -0.508 e. The van der Waals surface area contributed by atoms with Gasteiger partial charge < -0.3 is 34.5 Å². The van der Waals surface area contributed by atoms with Gasteiger partial charge in [0.2, 0.25) is 11.8 Å². The van der Waals surface area contributed by atoms with Crippen molar-refractivity contribution in [2.24, 2.45) is 17.3 Å². The van der Waals surface area contributed by atoms with E-state index in [0.29, 0.717) is 70.6 Å². The summed E-state index contributed by atoms with van der Waals surface area (Å²) in [5.41, 5.74) is 9.83. The van der Waals surface area contributed by atoms with Crippen LogP contribution < -0.4 is 10.7 Å². The van der Waals surface area contributed by atoms with Crippen molar-refractivity contribution in [3.8, 4) is 28.1 Å². The van der Waals surface area contributed by atoms with Gasteiger partial charge in [-0.1, -0.05) is 39.8 Å². The number of carbonyl (C=O) groups is 4. The molecule has 2 fully saturated rings. The number of aromatic nitrogens is 2. The zero-order chi connectivity index (χ0) is 46.7. The number of phenolic OH excluding ortho intramolecular Hbond substituents is 1. The van der Waals surface area contributed by atoms with Crippen LogP contribution in [-0.2, 0) is 54.6 Å². The summed E-state index contributed by atoms with van der Waals surface area (Å²) in [5.74, 6) is -2.20. The van der Waals surface area contributed by atoms with Crippen LogP contribution in [0, 0.1) is 17.3 Å². The topological polar surface area (TPSA) is 179 Å². The maximum absolute atomic E-state index is 14.7. The van der Waals surface area contributed by atoms with Gasteiger partial charge in [0.15, 0.2) is 0 Å². The van der Waals surface area contributed by atoms with Crippen molar-refractivity contribution in [2.75, 3.05) is 46.9 Å². The fourth-order valence-electron chi connectivity index (χ4n) is 10.1. The molecule has 0 unspecified atom stereocenters. The summed E-state index contributed by atoms with van der Waals surface area (Å²) in [7, 11) is 3.31. The van der Waals surface area contributed by atoms with Gasteiger partial charge in [0, 0.05) is 81.0 Å². The van der Waals surface area contributed by atoms with Crippen LogP contribution in [-0.4, -0.2) is 129 Å². The van der Waals surface area contributed by atoms with Crippen LogP contribution in [0.25, 0.3) is 33.3 Å². The van der Waals surface area contributed by atoms with E-state index >= 15 is 0 Å². The number of amides is 3. The second-order valence-corrected chi connectivity index (χ2v) is 19.4. The zero-order valence-electron chi connectivity index (χ0n) is 41.7. The van der Waals surface area contributed by atoms with Gasteiger partial charge in [-0.2, -0.15) is 67.5 Å². The molecule has 4 N–H and O–H groups in total. The molecule has 3 amide bonds. The van der Waals surface area contributed by atoms with Crippen molar-refractivity contribution >= 4 is 102 Å². The molecule has 0 aliphatic carbocycles. The van der Waals surface area contributed by atoms with Crippen molar-refractivity contribution in [3.05, 3.63) is 71.5 Å². The molecular formula is C50H77N7O8S5. The van der Waals surface area contributed by atoms with Gasteiger partial charge >= 0.3 is 5.97 Å². The first-order chi connectivity index (χ1) is 31.0. The fourth-order valence-corrected chi connectivity index (χ4v) is 10.1. The van der Waals surface area contributed by atoms with E-state index in [4.69, 9.17) is 9.47 Å². The van der Waals surface area contributed by atoms with Crippen LogP contribution in [0.4, 0.5) is 0 Å². The SMILES string of the molecule is CCn1c(-c2cnccc2COC)c2c3cc(ccc31)-c1cc(O)cc(c1)C[C@H](NC(=O)[C@H](C(C)C)N(C)C(=O)[C@H]1CCN(C[C@H](C)O)C1)C(=O)N1CCC[C@H](N1)C(=O)OCC(C)(C)C2.S.S.S.S.S. The number of likely N-dealkylation sites (tertiary alicyclic amines) is 1. The number of carbonyl (C=O) groups excluding carboxylic acids is 4. The number of aryl methyl sites for hydroxylation is 1. The number of fused-ring (bicyclic) bond motifs is 6. The third kappa shape index (κ3) is 14.1. The second kappa shape index (κ2) is 26.9. The van der Waals surface area contributed by atoms with Gasteiger partial charge in [0.05, 0.1) is 30.9 Å². The normalized spacial score (nSPS) is 20.0. The third-order valence-electron chi connectivity index (χ3n) is 13.1. The molecule has 15 nitrogen and oxygen atoms in total. The molecule has 390 valence electrons. The van der Waals surface area contributed by atoms with Crippen LogP contribution in [0.3, 0.4) is 0 Å². The number of phenols is 1. The molecule has 3 aliphatic rings. The monoisotopic (exact) mass is 1060 g/mol. The van der Waals surface area contributed by atoms with Crippen molar-refractivity contribution < 1.29 is 38.9 Å². The van der Waals surface area contributed by atoms with Gasteiger partial charge in [0.1, 0.15) is 23.9 Å². The third-order valence-corrected chi connectivity index (χ3v) is 13.1. The molecule has 20 heteroatoms. The molecule has 5 heterocycles. The van der Waals surface area contributed by atoms with E-state index in [0.717, 1.165) is 44.4 Å². The number of β-amino-alcohol motifs (C(OH)–C–C–N with tert-alkyl or cyclic N) is 1. The average molecular weight is 1060 g/mol. The van der Waals surface area contributed by atoms with E-state index in [-0.39, 0.29) is 104 Å². The highest BCUT2D eigenvalue weighted by Crippen LogP contribution is 2.41. The predicted octanol–water partition coefficient (Wildman–Crippen LogP) is 5.64. The molecule has 0 radical (unpaired) electrons. The Balaban J connectivity index is 0.00000336. The van der Waals surface area contributed by atoms with Crippen LogP contribution in [0.1, 0.15) is 77.5 Å². The molecule has 3 aliphatic heterocycles. The number of aliphatic hydroxyl groups is 1. The second-order valence-electron chi connectivity index (χ2n) is 19.4. The summed E-state index contributed by atoms with van der Waals surface area (Å²) in [6.07, 6.45) is 5.29. The summed E-state index contributed by atoms with van der Waals surface area (Å²) in [6, 6.07) is 10.6. The van der Waals surface area contributed by atoms with Crippen LogP contribution in [0.2, 0.25) is 0 Å². The van der Waals surface area contributed by atoms with Crippen LogP contribution >= 0.6 is 67.5 Å². The Hall–Kier alpha value is -3.60. The summed E-state index contributed by atoms with van der Waals surface area (Å²) >= 11 is 0. The van der Waals surface area contributed by atoms with E-state index in [1.54, 1.807) is 39.4 Å². The molecule has 0 spiro atoms. The highest BCUT2D eigenvalue weighted by atomic mass is 32.1.